The van der Waals surface area contributed by atoms with E-state index in [1.807, 2.05) is 0 Å². The molecular weight excluding hydrogens is 312 g/mol. The van der Waals surface area contributed by atoms with Crippen LogP contribution < -0.4 is 4.74 Å². The molecule has 0 bridgehead atoms. The van der Waals surface area contributed by atoms with Crippen LogP contribution in [0.25, 0.3) is 0 Å². The monoisotopic (exact) mass is 340 g/mol. The van der Waals surface area contributed by atoms with E-state index in [2.05, 4.69) is 46.8 Å². The van der Waals surface area contributed by atoms with Crippen LogP contribution in [-0.2, 0) is 0 Å². The van der Waals surface area contributed by atoms with Gasteiger partial charge in [-0.1, -0.05) is 32.4 Å². The highest BCUT2D eigenvalue weighted by atomic mass is 16.5. The second-order valence-corrected chi connectivity index (χ2v) is 7.45. The first kappa shape index (κ1) is 17.7. The van der Waals surface area contributed by atoms with Crippen molar-refractivity contribution in [1.29, 1.82) is 0 Å². The number of phenolic OH excluding ortho intramolecular Hbond substituents is 2. The first-order valence-electron chi connectivity index (χ1n) is 9.13. The van der Waals surface area contributed by atoms with Crippen LogP contribution in [0, 0.1) is 26.7 Å². The van der Waals surface area contributed by atoms with Gasteiger partial charge in [-0.25, -0.2) is 0 Å². The van der Waals surface area contributed by atoms with E-state index in [9.17, 15) is 10.2 Å². The van der Waals surface area contributed by atoms with E-state index in [4.69, 9.17) is 4.74 Å². The van der Waals surface area contributed by atoms with Crippen LogP contribution in [-0.4, -0.2) is 10.2 Å². The summed E-state index contributed by atoms with van der Waals surface area (Å²) in [6, 6.07) is 7.46. The number of hydrogen-bond acceptors (Lipinski definition) is 3. The molecule has 3 heteroatoms. The van der Waals surface area contributed by atoms with Gasteiger partial charge >= 0.3 is 0 Å². The van der Waals surface area contributed by atoms with Crippen LogP contribution in [0.1, 0.15) is 66.5 Å². The van der Waals surface area contributed by atoms with E-state index in [0.29, 0.717) is 5.75 Å². The van der Waals surface area contributed by atoms with Crippen molar-refractivity contribution in [3.8, 4) is 17.2 Å². The Kier molecular flexibility index (Phi) is 4.68. The molecule has 0 aliphatic carbocycles. The minimum Gasteiger partial charge on any atom is -0.508 e. The fourth-order valence-electron chi connectivity index (χ4n) is 4.11. The second-order valence-electron chi connectivity index (χ2n) is 7.45. The molecule has 0 fully saturated rings. The van der Waals surface area contributed by atoms with E-state index >= 15 is 0 Å². The molecule has 0 radical (unpaired) electrons. The molecule has 2 aromatic carbocycles. The standard InChI is InChI=1S/C22H28O3/c1-6-7-18-15(5)22(16-8-12(2)14(4)13(3)9-16)25-20-11-17(23)10-19(24)21(18)20/h8-11,15,18,22-24H,6-7H2,1-5H3/t15?,18?,22-/m0/s1. The molecule has 25 heavy (non-hydrogen) atoms. The third kappa shape index (κ3) is 3.08. The maximum absolute atomic E-state index is 10.4. The zero-order chi connectivity index (χ0) is 18.3. The SMILES string of the molecule is CCCC1c2c(O)cc(O)cc2O[C@H](c2cc(C)c(C)c(C)c2)C1C. The predicted octanol–water partition coefficient (Wildman–Crippen LogP) is 5.68. The highest BCUT2D eigenvalue weighted by Gasteiger charge is 2.38. The number of ether oxygens (including phenoxy) is 1. The molecule has 0 saturated carbocycles. The summed E-state index contributed by atoms with van der Waals surface area (Å²) in [5.74, 6) is 1.23. The normalized spacial score (nSPS) is 22.4. The predicted molar refractivity (Wildman–Crippen MR) is 101 cm³/mol. The minimum absolute atomic E-state index is 0.0380. The van der Waals surface area contributed by atoms with Gasteiger partial charge in [0.2, 0.25) is 0 Å². The molecule has 3 nitrogen and oxygen atoms in total. The summed E-state index contributed by atoms with van der Waals surface area (Å²) in [7, 11) is 0. The molecule has 0 amide bonds. The Morgan fingerprint density at radius 2 is 1.64 bits per heavy atom. The molecular formula is C22H28O3. The topological polar surface area (TPSA) is 49.7 Å². The summed E-state index contributed by atoms with van der Waals surface area (Å²) in [5.41, 5.74) is 5.85. The van der Waals surface area contributed by atoms with Gasteiger partial charge in [-0.3, -0.25) is 0 Å². The molecule has 2 N–H and O–H groups in total. The average molecular weight is 340 g/mol. The maximum atomic E-state index is 10.4. The number of hydrogen-bond donors (Lipinski definition) is 2. The fraction of sp³-hybridized carbons (Fsp3) is 0.455. The summed E-state index contributed by atoms with van der Waals surface area (Å²) >= 11 is 0. The van der Waals surface area contributed by atoms with Crippen molar-refractivity contribution in [3.63, 3.8) is 0 Å². The molecule has 3 rings (SSSR count). The highest BCUT2D eigenvalue weighted by Crippen LogP contribution is 2.52. The summed E-state index contributed by atoms with van der Waals surface area (Å²) in [6.45, 7) is 10.8. The van der Waals surface area contributed by atoms with E-state index in [-0.39, 0.29) is 29.4 Å². The van der Waals surface area contributed by atoms with Crippen LogP contribution >= 0.6 is 0 Å². The molecule has 3 atom stereocenters. The second kappa shape index (κ2) is 6.62. The summed E-state index contributed by atoms with van der Waals surface area (Å²) in [5, 5.41) is 20.3. The lowest BCUT2D eigenvalue weighted by Gasteiger charge is -2.39. The Balaban J connectivity index is 2.11. The van der Waals surface area contributed by atoms with Gasteiger partial charge in [-0.05, 0) is 55.4 Å². The number of rotatable bonds is 3. The zero-order valence-electron chi connectivity index (χ0n) is 15.8. The molecule has 2 unspecified atom stereocenters. The maximum Gasteiger partial charge on any atom is 0.131 e. The number of benzene rings is 2. The Bertz CT molecular complexity index is 771. The van der Waals surface area contributed by atoms with E-state index in [0.717, 1.165) is 18.4 Å². The van der Waals surface area contributed by atoms with Gasteiger partial charge in [-0.15, -0.1) is 0 Å². The van der Waals surface area contributed by atoms with Crippen LogP contribution in [0.15, 0.2) is 24.3 Å². The average Bonchev–Trinajstić information content (AvgIpc) is 2.54. The van der Waals surface area contributed by atoms with Crippen molar-refractivity contribution in [3.05, 3.63) is 52.1 Å². The third-order valence-corrected chi connectivity index (χ3v) is 5.72. The van der Waals surface area contributed by atoms with Crippen molar-refractivity contribution in [1.82, 2.24) is 0 Å². The lowest BCUT2D eigenvalue weighted by atomic mass is 9.76. The third-order valence-electron chi connectivity index (χ3n) is 5.72. The number of aromatic hydroxyl groups is 2. The fourth-order valence-corrected chi connectivity index (χ4v) is 4.11. The molecule has 1 aliphatic heterocycles. The van der Waals surface area contributed by atoms with Crippen molar-refractivity contribution < 1.29 is 14.9 Å². The number of aryl methyl sites for hydroxylation is 2. The zero-order valence-corrected chi connectivity index (χ0v) is 15.8. The van der Waals surface area contributed by atoms with Crippen molar-refractivity contribution in [2.75, 3.05) is 0 Å². The van der Waals surface area contributed by atoms with Gasteiger partial charge < -0.3 is 14.9 Å². The molecule has 1 aliphatic rings. The van der Waals surface area contributed by atoms with Crippen LogP contribution in [0.2, 0.25) is 0 Å². The largest absolute Gasteiger partial charge is 0.508 e. The van der Waals surface area contributed by atoms with Crippen molar-refractivity contribution in [2.24, 2.45) is 5.92 Å². The Hall–Kier alpha value is -2.16. The molecule has 0 aromatic heterocycles. The molecule has 0 spiro atoms. The van der Waals surface area contributed by atoms with Gasteiger partial charge in [0.1, 0.15) is 23.4 Å². The lowest BCUT2D eigenvalue weighted by Crippen LogP contribution is -2.28. The molecule has 134 valence electrons. The van der Waals surface area contributed by atoms with Gasteiger partial charge in [0.15, 0.2) is 0 Å². The van der Waals surface area contributed by atoms with E-state index in [1.165, 1.54) is 28.3 Å². The van der Waals surface area contributed by atoms with Crippen molar-refractivity contribution >= 4 is 0 Å². The Morgan fingerprint density at radius 3 is 2.24 bits per heavy atom. The summed E-state index contributed by atoms with van der Waals surface area (Å²) in [4.78, 5) is 0. The van der Waals surface area contributed by atoms with Crippen LogP contribution in [0.3, 0.4) is 0 Å². The quantitative estimate of drug-likeness (QED) is 0.756. The smallest absolute Gasteiger partial charge is 0.131 e. The molecule has 0 saturated heterocycles. The van der Waals surface area contributed by atoms with Crippen LogP contribution in [0.5, 0.6) is 17.2 Å². The van der Waals surface area contributed by atoms with Crippen LogP contribution in [0.4, 0.5) is 0 Å². The first-order valence-corrected chi connectivity index (χ1v) is 9.13. The Morgan fingerprint density at radius 1 is 1.00 bits per heavy atom. The van der Waals surface area contributed by atoms with Gasteiger partial charge in [-0.2, -0.15) is 0 Å². The molecule has 2 aromatic rings. The summed E-state index contributed by atoms with van der Waals surface area (Å²) in [6.07, 6.45) is 1.94. The Labute approximate surface area is 150 Å². The summed E-state index contributed by atoms with van der Waals surface area (Å²) < 4.78 is 6.30. The van der Waals surface area contributed by atoms with Crippen molar-refractivity contribution in [2.45, 2.75) is 59.5 Å². The number of phenols is 2. The lowest BCUT2D eigenvalue weighted by molar-refractivity contribution is 0.0965. The van der Waals surface area contributed by atoms with Gasteiger partial charge in [0.05, 0.1) is 0 Å². The van der Waals surface area contributed by atoms with E-state index in [1.54, 1.807) is 6.07 Å². The number of fused-ring (bicyclic) bond motifs is 1. The minimum atomic E-state index is -0.0803. The van der Waals surface area contributed by atoms with Gasteiger partial charge in [0, 0.05) is 23.6 Å². The highest BCUT2D eigenvalue weighted by molar-refractivity contribution is 5.53. The van der Waals surface area contributed by atoms with E-state index < -0.39 is 0 Å². The molecule has 1 heterocycles. The first-order chi connectivity index (χ1) is 11.8. The van der Waals surface area contributed by atoms with Gasteiger partial charge in [0.25, 0.3) is 0 Å².